The molecule has 1 amide bonds. The number of rotatable bonds is 2. The van der Waals surface area contributed by atoms with E-state index in [0.29, 0.717) is 11.8 Å². The van der Waals surface area contributed by atoms with Gasteiger partial charge >= 0.3 is 0 Å². The molecule has 1 aliphatic rings. The smallest absolute Gasteiger partial charge is 0.256 e. The Bertz CT molecular complexity index is 969. The van der Waals surface area contributed by atoms with Crippen LogP contribution in [0.2, 0.25) is 0 Å². The summed E-state index contributed by atoms with van der Waals surface area (Å²) in [5.41, 5.74) is 0.739. The van der Waals surface area contributed by atoms with E-state index in [-0.39, 0.29) is 21.6 Å². The van der Waals surface area contributed by atoms with Crippen molar-refractivity contribution in [3.05, 3.63) is 59.2 Å². The highest BCUT2D eigenvalue weighted by molar-refractivity contribution is 7.89. The maximum absolute atomic E-state index is 13.7. The summed E-state index contributed by atoms with van der Waals surface area (Å²) in [4.78, 5) is 11.8. The molecule has 2 aromatic carbocycles. The Kier molecular flexibility index (Phi) is 3.50. The molecule has 1 heterocycles. The Balaban J connectivity index is 2.16. The van der Waals surface area contributed by atoms with E-state index >= 15 is 0 Å². The van der Waals surface area contributed by atoms with Crippen LogP contribution >= 0.6 is 0 Å². The summed E-state index contributed by atoms with van der Waals surface area (Å²) >= 11 is 0. The fourth-order valence-corrected chi connectivity index (χ4v) is 2.80. The largest absolute Gasteiger partial charge is 0.321 e. The van der Waals surface area contributed by atoms with Crippen molar-refractivity contribution in [2.45, 2.75) is 4.90 Å². The molecule has 0 radical (unpaired) electrons. The molecule has 0 atom stereocenters. The maximum Gasteiger partial charge on any atom is 0.256 e. The van der Waals surface area contributed by atoms with Crippen LogP contribution in [0.25, 0.3) is 11.6 Å². The van der Waals surface area contributed by atoms with Crippen molar-refractivity contribution in [2.24, 2.45) is 5.14 Å². The van der Waals surface area contributed by atoms with E-state index < -0.39 is 27.6 Å². The van der Waals surface area contributed by atoms with Crippen molar-refractivity contribution in [2.75, 3.05) is 5.32 Å². The number of carbonyl (C=O) groups is 1. The molecule has 0 unspecified atom stereocenters. The first-order valence-electron chi connectivity index (χ1n) is 6.41. The molecule has 3 N–H and O–H groups in total. The Morgan fingerprint density at radius 2 is 1.83 bits per heavy atom. The van der Waals surface area contributed by atoms with Gasteiger partial charge in [0.05, 0.1) is 4.90 Å². The standard InChI is InChI=1S/C15H10F2N2O3S/c16-9-2-1-8(13(17)6-9)5-12-11-7-10(23(18,21)22)3-4-14(11)19-15(12)20/h1-7H,(H,19,20)(H2,18,21,22). The molecule has 23 heavy (non-hydrogen) atoms. The third kappa shape index (κ3) is 2.86. The van der Waals surface area contributed by atoms with Crippen molar-refractivity contribution in [3.8, 4) is 0 Å². The zero-order valence-electron chi connectivity index (χ0n) is 11.5. The third-order valence-electron chi connectivity index (χ3n) is 3.36. The molecule has 0 bridgehead atoms. The number of nitrogens with one attached hydrogen (secondary N) is 1. The number of anilines is 1. The molecule has 0 saturated heterocycles. The number of hydrogen-bond donors (Lipinski definition) is 2. The summed E-state index contributed by atoms with van der Waals surface area (Å²) in [5, 5.41) is 7.61. The Morgan fingerprint density at radius 3 is 2.48 bits per heavy atom. The van der Waals surface area contributed by atoms with E-state index in [1.165, 1.54) is 30.3 Å². The number of sulfonamides is 1. The van der Waals surface area contributed by atoms with Gasteiger partial charge in [-0.3, -0.25) is 4.79 Å². The summed E-state index contributed by atoms with van der Waals surface area (Å²) in [7, 11) is -3.94. The summed E-state index contributed by atoms with van der Waals surface area (Å²) in [6.07, 6.45) is 1.23. The molecule has 2 aromatic rings. The normalized spacial score (nSPS) is 15.6. The summed E-state index contributed by atoms with van der Waals surface area (Å²) in [6.45, 7) is 0. The van der Waals surface area contributed by atoms with E-state index in [0.717, 1.165) is 6.07 Å². The second kappa shape index (κ2) is 5.25. The van der Waals surface area contributed by atoms with Crippen LogP contribution in [0.4, 0.5) is 14.5 Å². The summed E-state index contributed by atoms with van der Waals surface area (Å²) < 4.78 is 49.5. The summed E-state index contributed by atoms with van der Waals surface area (Å²) in [5.74, 6) is -2.09. The lowest BCUT2D eigenvalue weighted by Gasteiger charge is -2.03. The maximum atomic E-state index is 13.7. The number of hydrogen-bond acceptors (Lipinski definition) is 3. The Hall–Kier alpha value is -2.58. The third-order valence-corrected chi connectivity index (χ3v) is 4.28. The van der Waals surface area contributed by atoms with Gasteiger partial charge in [0.15, 0.2) is 0 Å². The van der Waals surface area contributed by atoms with Gasteiger partial charge in [-0.15, -0.1) is 0 Å². The number of benzene rings is 2. The van der Waals surface area contributed by atoms with Crippen LogP contribution in [0.15, 0.2) is 41.3 Å². The molecule has 0 aliphatic carbocycles. The van der Waals surface area contributed by atoms with Gasteiger partial charge in [-0.25, -0.2) is 22.3 Å². The predicted molar refractivity (Wildman–Crippen MR) is 80.7 cm³/mol. The highest BCUT2D eigenvalue weighted by Crippen LogP contribution is 2.34. The zero-order valence-corrected chi connectivity index (χ0v) is 12.3. The molecule has 0 fully saturated rings. The van der Waals surface area contributed by atoms with E-state index in [2.05, 4.69) is 5.32 Å². The Morgan fingerprint density at radius 1 is 1.09 bits per heavy atom. The van der Waals surface area contributed by atoms with Crippen LogP contribution in [0, 0.1) is 11.6 Å². The second-order valence-corrected chi connectivity index (χ2v) is 6.49. The van der Waals surface area contributed by atoms with E-state index in [1.807, 2.05) is 0 Å². The van der Waals surface area contributed by atoms with Gasteiger partial charge in [0.25, 0.3) is 5.91 Å². The lowest BCUT2D eigenvalue weighted by atomic mass is 10.0. The average Bonchev–Trinajstić information content (AvgIpc) is 2.76. The van der Waals surface area contributed by atoms with Gasteiger partial charge in [0.1, 0.15) is 11.6 Å². The number of primary sulfonamides is 1. The van der Waals surface area contributed by atoms with Gasteiger partial charge < -0.3 is 5.32 Å². The first kappa shape index (κ1) is 15.3. The fourth-order valence-electron chi connectivity index (χ4n) is 2.26. The van der Waals surface area contributed by atoms with Crippen LogP contribution in [0.3, 0.4) is 0 Å². The highest BCUT2D eigenvalue weighted by Gasteiger charge is 2.26. The van der Waals surface area contributed by atoms with Crippen molar-refractivity contribution in [3.63, 3.8) is 0 Å². The first-order valence-corrected chi connectivity index (χ1v) is 7.95. The monoisotopic (exact) mass is 336 g/mol. The molecule has 0 aromatic heterocycles. The van der Waals surface area contributed by atoms with Gasteiger partial charge in [0, 0.05) is 28.5 Å². The average molecular weight is 336 g/mol. The predicted octanol–water partition coefficient (Wildman–Crippen LogP) is 2.10. The van der Waals surface area contributed by atoms with Crippen LogP contribution < -0.4 is 10.5 Å². The van der Waals surface area contributed by atoms with Crippen molar-refractivity contribution in [1.29, 1.82) is 0 Å². The minimum absolute atomic E-state index is 0.00501. The number of halogens is 2. The molecule has 1 aliphatic heterocycles. The zero-order chi connectivity index (χ0) is 16.8. The molecule has 3 rings (SSSR count). The van der Waals surface area contributed by atoms with Crippen LogP contribution in [0.5, 0.6) is 0 Å². The quantitative estimate of drug-likeness (QED) is 0.823. The minimum Gasteiger partial charge on any atom is -0.321 e. The van der Waals surface area contributed by atoms with Crippen LogP contribution in [-0.2, 0) is 14.8 Å². The summed E-state index contributed by atoms with van der Waals surface area (Å²) in [6, 6.07) is 6.83. The highest BCUT2D eigenvalue weighted by atomic mass is 32.2. The SMILES string of the molecule is NS(=O)(=O)c1ccc2c(c1)C(=Cc1ccc(F)cc1F)C(=O)N2. The van der Waals surface area contributed by atoms with E-state index in [4.69, 9.17) is 5.14 Å². The van der Waals surface area contributed by atoms with Gasteiger partial charge in [-0.05, 0) is 36.4 Å². The number of carbonyl (C=O) groups excluding carboxylic acids is 1. The van der Waals surface area contributed by atoms with Gasteiger partial charge in [-0.2, -0.15) is 0 Å². The van der Waals surface area contributed by atoms with Gasteiger partial charge in [0.2, 0.25) is 10.0 Å². The topological polar surface area (TPSA) is 89.3 Å². The first-order chi connectivity index (χ1) is 10.8. The molecular formula is C15H10F2N2O3S. The molecule has 5 nitrogen and oxygen atoms in total. The fraction of sp³-hybridized carbons (Fsp3) is 0. The van der Waals surface area contributed by atoms with E-state index in [1.54, 1.807) is 0 Å². The molecule has 8 heteroatoms. The molecule has 118 valence electrons. The van der Waals surface area contributed by atoms with E-state index in [9.17, 15) is 22.0 Å². The van der Waals surface area contributed by atoms with Crippen LogP contribution in [-0.4, -0.2) is 14.3 Å². The molecule has 0 saturated carbocycles. The van der Waals surface area contributed by atoms with Crippen LogP contribution in [0.1, 0.15) is 11.1 Å². The van der Waals surface area contributed by atoms with Crippen molar-refractivity contribution < 1.29 is 22.0 Å². The lowest BCUT2D eigenvalue weighted by Crippen LogP contribution is -2.12. The lowest BCUT2D eigenvalue weighted by molar-refractivity contribution is -0.110. The second-order valence-electron chi connectivity index (χ2n) is 4.93. The number of nitrogens with two attached hydrogens (primary N) is 1. The molecular weight excluding hydrogens is 326 g/mol. The van der Waals surface area contributed by atoms with Crippen molar-refractivity contribution >= 4 is 33.3 Å². The van der Waals surface area contributed by atoms with Gasteiger partial charge in [-0.1, -0.05) is 0 Å². The number of fused-ring (bicyclic) bond motifs is 1. The minimum atomic E-state index is -3.94. The molecule has 0 spiro atoms. The van der Waals surface area contributed by atoms with Crippen molar-refractivity contribution in [1.82, 2.24) is 0 Å². The number of amides is 1. The Labute approximate surface area is 130 Å².